The van der Waals surface area contributed by atoms with Gasteiger partial charge in [0.25, 0.3) is 0 Å². The zero-order chi connectivity index (χ0) is 19.1. The molecule has 2 heteroatoms. The van der Waals surface area contributed by atoms with E-state index in [9.17, 15) is 4.79 Å². The number of rotatable bonds is 3. The molecule has 5 aromatic rings. The molecule has 0 atom stereocenters. The zero-order valence-corrected chi connectivity index (χ0v) is 15.6. The van der Waals surface area contributed by atoms with E-state index in [-0.39, 0.29) is 5.78 Å². The molecule has 134 valence electrons. The van der Waals surface area contributed by atoms with Gasteiger partial charge in [-0.15, -0.1) is 0 Å². The Morgan fingerprint density at radius 2 is 1.07 bits per heavy atom. The summed E-state index contributed by atoms with van der Waals surface area (Å²) in [6, 6.07) is 33.4. The van der Waals surface area contributed by atoms with Crippen LogP contribution in [-0.4, -0.2) is 10.4 Å². The van der Waals surface area contributed by atoms with Crippen molar-refractivity contribution in [2.45, 2.75) is 6.92 Å². The Bertz CT molecular complexity index is 1260. The molecule has 0 saturated carbocycles. The van der Waals surface area contributed by atoms with E-state index < -0.39 is 0 Å². The summed E-state index contributed by atoms with van der Waals surface area (Å²) in [5.74, 6) is 0.0910. The highest BCUT2D eigenvalue weighted by Crippen LogP contribution is 2.32. The Kier molecular flexibility index (Phi) is 3.84. The van der Waals surface area contributed by atoms with Crippen molar-refractivity contribution in [1.29, 1.82) is 0 Å². The SMILES string of the molecule is CC(=O)c1ccc(-c2ccc(-n3c4ccccc4c4ccccc43)cc2)cc1. The van der Waals surface area contributed by atoms with Gasteiger partial charge in [-0.25, -0.2) is 0 Å². The number of para-hydroxylation sites is 2. The van der Waals surface area contributed by atoms with Crippen LogP contribution >= 0.6 is 0 Å². The Balaban J connectivity index is 1.62. The third-order valence-corrected chi connectivity index (χ3v) is 5.33. The van der Waals surface area contributed by atoms with Gasteiger partial charge in [0.05, 0.1) is 11.0 Å². The predicted octanol–water partition coefficient (Wildman–Crippen LogP) is 6.65. The molecule has 0 N–H and O–H groups in total. The lowest BCUT2D eigenvalue weighted by Crippen LogP contribution is -1.94. The fourth-order valence-electron chi connectivity index (χ4n) is 3.90. The fourth-order valence-corrected chi connectivity index (χ4v) is 3.90. The molecule has 0 radical (unpaired) electrons. The smallest absolute Gasteiger partial charge is 0.159 e. The molecular weight excluding hydrogens is 342 g/mol. The zero-order valence-electron chi connectivity index (χ0n) is 15.6. The number of fused-ring (bicyclic) bond motifs is 3. The van der Waals surface area contributed by atoms with Crippen LogP contribution in [0.1, 0.15) is 17.3 Å². The highest BCUT2D eigenvalue weighted by Gasteiger charge is 2.11. The van der Waals surface area contributed by atoms with Gasteiger partial charge < -0.3 is 4.57 Å². The van der Waals surface area contributed by atoms with Crippen LogP contribution in [0.25, 0.3) is 38.6 Å². The minimum absolute atomic E-state index is 0.0910. The summed E-state index contributed by atoms with van der Waals surface area (Å²) in [6.45, 7) is 1.59. The quantitative estimate of drug-likeness (QED) is 0.330. The van der Waals surface area contributed by atoms with E-state index in [2.05, 4.69) is 77.4 Å². The summed E-state index contributed by atoms with van der Waals surface area (Å²) in [6.07, 6.45) is 0. The molecule has 1 aromatic heterocycles. The predicted molar refractivity (Wildman–Crippen MR) is 116 cm³/mol. The van der Waals surface area contributed by atoms with Crippen LogP contribution in [0.5, 0.6) is 0 Å². The summed E-state index contributed by atoms with van der Waals surface area (Å²) in [7, 11) is 0. The number of carbonyl (C=O) groups is 1. The lowest BCUT2D eigenvalue weighted by atomic mass is 10.0. The first kappa shape index (κ1) is 16.5. The van der Waals surface area contributed by atoms with Gasteiger partial charge in [-0.05, 0) is 42.3 Å². The molecule has 0 unspecified atom stereocenters. The first-order chi connectivity index (χ1) is 13.7. The number of carbonyl (C=O) groups excluding carboxylic acids is 1. The van der Waals surface area contributed by atoms with Crippen molar-refractivity contribution < 1.29 is 4.79 Å². The lowest BCUT2D eigenvalue weighted by molar-refractivity contribution is 0.101. The first-order valence-corrected chi connectivity index (χ1v) is 9.42. The maximum absolute atomic E-state index is 11.5. The number of nitrogens with zero attached hydrogens (tertiary/aromatic N) is 1. The van der Waals surface area contributed by atoms with Crippen LogP contribution in [0.3, 0.4) is 0 Å². The van der Waals surface area contributed by atoms with Crippen LogP contribution in [-0.2, 0) is 0 Å². The van der Waals surface area contributed by atoms with E-state index in [0.29, 0.717) is 0 Å². The summed E-state index contributed by atoms with van der Waals surface area (Å²) >= 11 is 0. The monoisotopic (exact) mass is 361 g/mol. The van der Waals surface area contributed by atoms with Gasteiger partial charge in [0, 0.05) is 22.0 Å². The van der Waals surface area contributed by atoms with Gasteiger partial charge in [0.1, 0.15) is 0 Å². The van der Waals surface area contributed by atoms with Gasteiger partial charge in [0.2, 0.25) is 0 Å². The van der Waals surface area contributed by atoms with E-state index in [1.54, 1.807) is 6.92 Å². The minimum atomic E-state index is 0.0910. The van der Waals surface area contributed by atoms with Crippen molar-refractivity contribution in [3.63, 3.8) is 0 Å². The molecule has 0 aliphatic carbocycles. The van der Waals surface area contributed by atoms with Crippen molar-refractivity contribution >= 4 is 27.6 Å². The largest absolute Gasteiger partial charge is 0.309 e. The highest BCUT2D eigenvalue weighted by atomic mass is 16.1. The number of aromatic nitrogens is 1. The topological polar surface area (TPSA) is 22.0 Å². The van der Waals surface area contributed by atoms with Gasteiger partial charge in [0.15, 0.2) is 5.78 Å². The maximum atomic E-state index is 11.5. The molecule has 0 aliphatic heterocycles. The van der Waals surface area contributed by atoms with Crippen molar-refractivity contribution in [2.24, 2.45) is 0 Å². The molecule has 28 heavy (non-hydrogen) atoms. The van der Waals surface area contributed by atoms with E-state index in [0.717, 1.165) is 22.4 Å². The van der Waals surface area contributed by atoms with Crippen LogP contribution in [0.15, 0.2) is 97.1 Å². The third-order valence-electron chi connectivity index (χ3n) is 5.33. The maximum Gasteiger partial charge on any atom is 0.159 e. The van der Waals surface area contributed by atoms with E-state index in [1.807, 2.05) is 24.3 Å². The third kappa shape index (κ3) is 2.62. The average molecular weight is 361 g/mol. The molecular formula is C26H19NO. The Hall–Kier alpha value is -3.65. The van der Waals surface area contributed by atoms with E-state index in [4.69, 9.17) is 0 Å². The highest BCUT2D eigenvalue weighted by molar-refractivity contribution is 6.09. The minimum Gasteiger partial charge on any atom is -0.309 e. The molecule has 1 heterocycles. The summed E-state index contributed by atoms with van der Waals surface area (Å²) < 4.78 is 2.31. The molecule has 0 aliphatic rings. The van der Waals surface area contributed by atoms with Gasteiger partial charge in [-0.3, -0.25) is 4.79 Å². The summed E-state index contributed by atoms with van der Waals surface area (Å²) in [5, 5.41) is 2.53. The van der Waals surface area contributed by atoms with Crippen LogP contribution in [0, 0.1) is 0 Å². The molecule has 0 spiro atoms. The number of hydrogen-bond donors (Lipinski definition) is 0. The van der Waals surface area contributed by atoms with Gasteiger partial charge in [-0.1, -0.05) is 72.8 Å². The number of benzene rings is 4. The summed E-state index contributed by atoms with van der Waals surface area (Å²) in [4.78, 5) is 11.5. The number of Topliss-reactive ketones (excluding diaryl/α,β-unsaturated/α-hetero) is 1. The fraction of sp³-hybridized carbons (Fsp3) is 0.0385. The number of ketones is 1. The Morgan fingerprint density at radius 3 is 1.57 bits per heavy atom. The average Bonchev–Trinajstić information content (AvgIpc) is 3.08. The molecule has 4 aromatic carbocycles. The van der Waals surface area contributed by atoms with Crippen molar-refractivity contribution in [3.8, 4) is 16.8 Å². The van der Waals surface area contributed by atoms with E-state index in [1.165, 1.54) is 21.8 Å². The molecule has 0 bridgehead atoms. The summed E-state index contributed by atoms with van der Waals surface area (Å²) in [5.41, 5.74) is 6.55. The standard InChI is InChI=1S/C26H19NO/c1-18(28)19-10-12-20(13-11-19)21-14-16-22(17-15-21)27-25-8-4-2-6-23(25)24-7-3-5-9-26(24)27/h2-17H,1H3. The van der Waals surface area contributed by atoms with Crippen LogP contribution in [0.4, 0.5) is 0 Å². The second-order valence-corrected chi connectivity index (χ2v) is 7.05. The van der Waals surface area contributed by atoms with Gasteiger partial charge >= 0.3 is 0 Å². The second-order valence-electron chi connectivity index (χ2n) is 7.05. The second kappa shape index (κ2) is 6.50. The Labute approximate surface area is 163 Å². The molecule has 0 saturated heterocycles. The normalized spacial score (nSPS) is 11.2. The van der Waals surface area contributed by atoms with Crippen LogP contribution < -0.4 is 0 Å². The van der Waals surface area contributed by atoms with Crippen molar-refractivity contribution in [1.82, 2.24) is 4.57 Å². The lowest BCUT2D eigenvalue weighted by Gasteiger charge is -2.09. The Morgan fingerprint density at radius 1 is 0.607 bits per heavy atom. The molecule has 0 amide bonds. The van der Waals surface area contributed by atoms with Gasteiger partial charge in [-0.2, -0.15) is 0 Å². The van der Waals surface area contributed by atoms with Crippen molar-refractivity contribution in [3.05, 3.63) is 103 Å². The van der Waals surface area contributed by atoms with E-state index >= 15 is 0 Å². The molecule has 5 rings (SSSR count). The molecule has 2 nitrogen and oxygen atoms in total. The molecule has 0 fully saturated rings. The van der Waals surface area contributed by atoms with Crippen molar-refractivity contribution in [2.75, 3.05) is 0 Å². The first-order valence-electron chi connectivity index (χ1n) is 9.42. The number of hydrogen-bond acceptors (Lipinski definition) is 1. The van der Waals surface area contributed by atoms with Crippen LogP contribution in [0.2, 0.25) is 0 Å².